The lowest BCUT2D eigenvalue weighted by molar-refractivity contribution is -0.147. The summed E-state index contributed by atoms with van der Waals surface area (Å²) in [6.07, 6.45) is 0.517. The van der Waals surface area contributed by atoms with Crippen molar-refractivity contribution in [3.8, 4) is 0 Å². The van der Waals surface area contributed by atoms with Crippen molar-refractivity contribution in [3.05, 3.63) is 34.9 Å². The number of rotatable bonds is 3. The molecule has 0 aromatic heterocycles. The highest BCUT2D eigenvalue weighted by Gasteiger charge is 2.42. The zero-order chi connectivity index (χ0) is 15.1. The van der Waals surface area contributed by atoms with Gasteiger partial charge in [0.1, 0.15) is 11.6 Å². The van der Waals surface area contributed by atoms with Gasteiger partial charge in [-0.15, -0.1) is 0 Å². The molecule has 1 fully saturated rings. The SMILES string of the molecule is Cc1cc(F)c(C(C)N2CCC(C)(C(=O)O)C2)cc1F. The fraction of sp³-hybridized carbons (Fsp3) is 0.533. The Balaban J connectivity index is 2.23. The average molecular weight is 283 g/mol. The van der Waals surface area contributed by atoms with E-state index in [9.17, 15) is 18.7 Å². The van der Waals surface area contributed by atoms with Crippen LogP contribution in [0.5, 0.6) is 0 Å². The fourth-order valence-corrected chi connectivity index (χ4v) is 2.68. The molecule has 1 N–H and O–H groups in total. The molecule has 5 heteroatoms. The smallest absolute Gasteiger partial charge is 0.310 e. The van der Waals surface area contributed by atoms with Gasteiger partial charge in [-0.3, -0.25) is 9.69 Å². The zero-order valence-corrected chi connectivity index (χ0v) is 11.9. The summed E-state index contributed by atoms with van der Waals surface area (Å²) in [6, 6.07) is 2.06. The lowest BCUT2D eigenvalue weighted by atomic mass is 9.90. The van der Waals surface area contributed by atoms with Gasteiger partial charge in [0.15, 0.2) is 0 Å². The summed E-state index contributed by atoms with van der Waals surface area (Å²) < 4.78 is 27.6. The number of nitrogens with zero attached hydrogens (tertiary/aromatic N) is 1. The van der Waals surface area contributed by atoms with Crippen molar-refractivity contribution >= 4 is 5.97 Å². The molecule has 2 rings (SSSR count). The Morgan fingerprint density at radius 2 is 2.05 bits per heavy atom. The number of aryl methyl sites for hydroxylation is 1. The molecule has 1 heterocycles. The van der Waals surface area contributed by atoms with E-state index in [1.54, 1.807) is 13.8 Å². The van der Waals surface area contributed by atoms with Crippen LogP contribution in [0.3, 0.4) is 0 Å². The number of hydrogen-bond acceptors (Lipinski definition) is 2. The Bertz CT molecular complexity index is 547. The van der Waals surface area contributed by atoms with E-state index in [1.807, 2.05) is 4.90 Å². The third kappa shape index (κ3) is 2.54. The maximum absolute atomic E-state index is 14.0. The first-order chi connectivity index (χ1) is 9.24. The van der Waals surface area contributed by atoms with Gasteiger partial charge in [-0.1, -0.05) is 0 Å². The molecule has 2 unspecified atom stereocenters. The molecule has 0 amide bonds. The number of benzene rings is 1. The van der Waals surface area contributed by atoms with Gasteiger partial charge in [0.05, 0.1) is 5.41 Å². The highest BCUT2D eigenvalue weighted by atomic mass is 19.1. The van der Waals surface area contributed by atoms with E-state index >= 15 is 0 Å². The van der Waals surface area contributed by atoms with Gasteiger partial charge < -0.3 is 5.11 Å². The first-order valence-electron chi connectivity index (χ1n) is 6.67. The molecule has 0 aliphatic carbocycles. The average Bonchev–Trinajstić information content (AvgIpc) is 2.77. The van der Waals surface area contributed by atoms with Crippen molar-refractivity contribution in [2.75, 3.05) is 13.1 Å². The minimum absolute atomic E-state index is 0.273. The molecule has 2 atom stereocenters. The highest BCUT2D eigenvalue weighted by Crippen LogP contribution is 2.36. The Morgan fingerprint density at radius 3 is 2.60 bits per heavy atom. The van der Waals surface area contributed by atoms with Gasteiger partial charge in [0.2, 0.25) is 0 Å². The molecule has 1 aromatic carbocycles. The first kappa shape index (κ1) is 14.9. The minimum Gasteiger partial charge on any atom is -0.481 e. The Labute approximate surface area is 117 Å². The van der Waals surface area contributed by atoms with Crippen molar-refractivity contribution in [3.63, 3.8) is 0 Å². The van der Waals surface area contributed by atoms with Crippen LogP contribution in [0.4, 0.5) is 8.78 Å². The number of aliphatic carboxylic acids is 1. The van der Waals surface area contributed by atoms with Gasteiger partial charge >= 0.3 is 5.97 Å². The van der Waals surface area contributed by atoms with E-state index in [1.165, 1.54) is 19.1 Å². The molecule has 110 valence electrons. The second kappa shape index (κ2) is 5.13. The number of carbonyl (C=O) groups is 1. The Kier molecular flexibility index (Phi) is 3.82. The summed E-state index contributed by atoms with van der Waals surface area (Å²) in [7, 11) is 0. The molecule has 0 spiro atoms. The van der Waals surface area contributed by atoms with E-state index < -0.39 is 23.0 Å². The Morgan fingerprint density at radius 1 is 1.40 bits per heavy atom. The van der Waals surface area contributed by atoms with E-state index in [0.29, 0.717) is 19.5 Å². The van der Waals surface area contributed by atoms with Gasteiger partial charge in [-0.2, -0.15) is 0 Å². The maximum Gasteiger partial charge on any atom is 0.310 e. The molecular weight excluding hydrogens is 264 g/mol. The third-order valence-corrected chi connectivity index (χ3v) is 4.29. The second-order valence-corrected chi connectivity index (χ2v) is 5.89. The van der Waals surface area contributed by atoms with Crippen molar-refractivity contribution in [2.45, 2.75) is 33.2 Å². The quantitative estimate of drug-likeness (QED) is 0.926. The Hall–Kier alpha value is -1.49. The van der Waals surface area contributed by atoms with Crippen LogP contribution in [0, 0.1) is 24.0 Å². The summed E-state index contributed by atoms with van der Waals surface area (Å²) in [4.78, 5) is 13.1. The van der Waals surface area contributed by atoms with Crippen LogP contribution in [0.1, 0.15) is 37.4 Å². The van der Waals surface area contributed by atoms with E-state index in [2.05, 4.69) is 0 Å². The highest BCUT2D eigenvalue weighted by molar-refractivity contribution is 5.74. The standard InChI is InChI=1S/C15H19F2NO2/c1-9-6-13(17)11(7-12(9)16)10(2)18-5-4-15(3,8-18)14(19)20/h6-7,10H,4-5,8H2,1-3H3,(H,19,20). The topological polar surface area (TPSA) is 40.5 Å². The number of hydrogen-bond donors (Lipinski definition) is 1. The number of halogens is 2. The van der Waals surface area contributed by atoms with Gasteiger partial charge in [-0.05, 0) is 51.4 Å². The first-order valence-corrected chi connectivity index (χ1v) is 6.67. The lowest BCUT2D eigenvalue weighted by Gasteiger charge is -2.26. The van der Waals surface area contributed by atoms with Gasteiger partial charge in [0, 0.05) is 18.2 Å². The fourth-order valence-electron chi connectivity index (χ4n) is 2.68. The number of carboxylic acids is 1. The van der Waals surface area contributed by atoms with E-state index in [4.69, 9.17) is 0 Å². The molecule has 3 nitrogen and oxygen atoms in total. The van der Waals surface area contributed by atoms with Crippen LogP contribution in [-0.2, 0) is 4.79 Å². The van der Waals surface area contributed by atoms with Crippen molar-refractivity contribution in [1.82, 2.24) is 4.90 Å². The molecule has 1 saturated heterocycles. The molecule has 0 radical (unpaired) electrons. The number of likely N-dealkylation sites (tertiary alicyclic amines) is 1. The van der Waals surface area contributed by atoms with Crippen LogP contribution in [0.2, 0.25) is 0 Å². The predicted molar refractivity (Wildman–Crippen MR) is 71.4 cm³/mol. The summed E-state index contributed by atoms with van der Waals surface area (Å²) >= 11 is 0. The van der Waals surface area contributed by atoms with Gasteiger partial charge in [0.25, 0.3) is 0 Å². The lowest BCUT2D eigenvalue weighted by Crippen LogP contribution is -2.33. The molecular formula is C15H19F2NO2. The van der Waals surface area contributed by atoms with Crippen LogP contribution in [0.15, 0.2) is 12.1 Å². The van der Waals surface area contributed by atoms with Crippen molar-refractivity contribution in [1.29, 1.82) is 0 Å². The van der Waals surface area contributed by atoms with Crippen LogP contribution >= 0.6 is 0 Å². The number of carboxylic acid groups (broad SMARTS) is 1. The van der Waals surface area contributed by atoms with E-state index in [-0.39, 0.29) is 17.2 Å². The largest absolute Gasteiger partial charge is 0.481 e. The van der Waals surface area contributed by atoms with Crippen LogP contribution in [-0.4, -0.2) is 29.1 Å². The van der Waals surface area contributed by atoms with E-state index in [0.717, 1.165) is 0 Å². The maximum atomic E-state index is 14.0. The van der Waals surface area contributed by atoms with Crippen molar-refractivity contribution in [2.24, 2.45) is 5.41 Å². The predicted octanol–water partition coefficient (Wildman–Crippen LogP) is 3.13. The molecule has 0 bridgehead atoms. The minimum atomic E-state index is -0.845. The monoisotopic (exact) mass is 283 g/mol. The molecule has 0 saturated carbocycles. The van der Waals surface area contributed by atoms with Crippen molar-refractivity contribution < 1.29 is 18.7 Å². The van der Waals surface area contributed by atoms with Crippen LogP contribution < -0.4 is 0 Å². The summed E-state index contributed by atoms with van der Waals surface area (Å²) in [6.45, 7) is 5.90. The van der Waals surface area contributed by atoms with Crippen LogP contribution in [0.25, 0.3) is 0 Å². The third-order valence-electron chi connectivity index (χ3n) is 4.29. The molecule has 1 aliphatic heterocycles. The molecule has 1 aliphatic rings. The summed E-state index contributed by atoms with van der Waals surface area (Å²) in [5, 5.41) is 9.22. The summed E-state index contributed by atoms with van der Waals surface area (Å²) in [5.41, 5.74) is -0.258. The summed E-state index contributed by atoms with van der Waals surface area (Å²) in [5.74, 6) is -1.73. The molecule has 1 aromatic rings. The second-order valence-electron chi connectivity index (χ2n) is 5.89. The zero-order valence-electron chi connectivity index (χ0n) is 11.9. The molecule has 20 heavy (non-hydrogen) atoms. The van der Waals surface area contributed by atoms with Gasteiger partial charge in [-0.25, -0.2) is 8.78 Å². The normalized spacial score (nSPS) is 24.9.